The predicted molar refractivity (Wildman–Crippen MR) is 107 cm³/mol. The average molecular weight is 397 g/mol. The maximum atomic E-state index is 13.2. The molecular formula is C21H27N5O3. The summed E-state index contributed by atoms with van der Waals surface area (Å²) in [4.78, 5) is 24.3. The highest BCUT2D eigenvalue weighted by Crippen LogP contribution is 2.42. The maximum Gasteiger partial charge on any atom is 0.324 e. The summed E-state index contributed by atoms with van der Waals surface area (Å²) in [6.07, 6.45) is 1.76. The van der Waals surface area contributed by atoms with Crippen LogP contribution in [0.5, 0.6) is 0 Å². The normalized spacial score (nSPS) is 25.4. The molecule has 3 aliphatic rings. The molecule has 1 aromatic heterocycles. The number of hydrogen-bond donors (Lipinski definition) is 0. The van der Waals surface area contributed by atoms with E-state index in [1.165, 1.54) is 0 Å². The van der Waals surface area contributed by atoms with Crippen molar-refractivity contribution < 1.29 is 14.1 Å². The zero-order valence-electron chi connectivity index (χ0n) is 16.6. The van der Waals surface area contributed by atoms with E-state index in [0.717, 1.165) is 70.9 Å². The molecule has 29 heavy (non-hydrogen) atoms. The lowest BCUT2D eigenvalue weighted by Gasteiger charge is -2.29. The minimum atomic E-state index is -0.299. The van der Waals surface area contributed by atoms with E-state index in [-0.39, 0.29) is 11.3 Å². The van der Waals surface area contributed by atoms with E-state index < -0.39 is 0 Å². The molecule has 8 heteroatoms. The molecule has 5 rings (SSSR count). The number of nitrogens with zero attached hydrogens (tertiary/aromatic N) is 5. The van der Waals surface area contributed by atoms with E-state index in [9.17, 15) is 4.79 Å². The van der Waals surface area contributed by atoms with Gasteiger partial charge in [0.1, 0.15) is 0 Å². The fraction of sp³-hybridized carbons (Fsp3) is 0.571. The van der Waals surface area contributed by atoms with Gasteiger partial charge in [0, 0.05) is 51.4 Å². The van der Waals surface area contributed by atoms with E-state index >= 15 is 0 Å². The minimum absolute atomic E-state index is 0.288. The van der Waals surface area contributed by atoms with Crippen LogP contribution >= 0.6 is 0 Å². The number of likely N-dealkylation sites (tertiary alicyclic amines) is 1. The van der Waals surface area contributed by atoms with Gasteiger partial charge in [0.05, 0.1) is 18.6 Å². The molecule has 0 bridgehead atoms. The third-order valence-electron chi connectivity index (χ3n) is 6.46. The SMILES string of the molecule is O=C1N(CCN2CCOCC2)CCC12CCN(c1nc(-c3ccccc3)no1)C2. The number of anilines is 1. The van der Waals surface area contributed by atoms with Gasteiger partial charge in [0.25, 0.3) is 0 Å². The number of amides is 1. The van der Waals surface area contributed by atoms with Crippen LogP contribution in [0.1, 0.15) is 12.8 Å². The first kappa shape index (κ1) is 18.6. The topological polar surface area (TPSA) is 74.9 Å². The molecule has 8 nitrogen and oxygen atoms in total. The number of ether oxygens (including phenoxy) is 1. The zero-order chi connectivity index (χ0) is 19.7. The van der Waals surface area contributed by atoms with Gasteiger partial charge in [-0.15, -0.1) is 0 Å². The summed E-state index contributed by atoms with van der Waals surface area (Å²) in [5.74, 6) is 0.877. The molecule has 4 heterocycles. The molecule has 1 amide bonds. The van der Waals surface area contributed by atoms with Crippen molar-refractivity contribution in [1.29, 1.82) is 0 Å². The average Bonchev–Trinajstić information content (AvgIpc) is 3.49. The Balaban J connectivity index is 1.21. The highest BCUT2D eigenvalue weighted by atomic mass is 16.5. The van der Waals surface area contributed by atoms with Gasteiger partial charge in [0.2, 0.25) is 11.7 Å². The summed E-state index contributed by atoms with van der Waals surface area (Å²) >= 11 is 0. The Bertz CT molecular complexity index is 851. The second-order valence-electron chi connectivity index (χ2n) is 8.21. The van der Waals surface area contributed by atoms with Gasteiger partial charge in [-0.25, -0.2) is 0 Å². The second kappa shape index (κ2) is 7.76. The van der Waals surface area contributed by atoms with Gasteiger partial charge in [-0.3, -0.25) is 9.69 Å². The number of rotatable bonds is 5. The van der Waals surface area contributed by atoms with Gasteiger partial charge in [0.15, 0.2) is 0 Å². The van der Waals surface area contributed by atoms with Crippen LogP contribution in [0.15, 0.2) is 34.9 Å². The fourth-order valence-electron chi connectivity index (χ4n) is 4.66. The Labute approximate surface area is 170 Å². The summed E-state index contributed by atoms with van der Waals surface area (Å²) < 4.78 is 10.9. The van der Waals surface area contributed by atoms with E-state index in [4.69, 9.17) is 9.26 Å². The highest BCUT2D eigenvalue weighted by Gasteiger charge is 2.51. The first-order valence-electron chi connectivity index (χ1n) is 10.5. The van der Waals surface area contributed by atoms with Crippen molar-refractivity contribution in [2.24, 2.45) is 5.41 Å². The predicted octanol–water partition coefficient (Wildman–Crippen LogP) is 1.50. The molecule has 1 unspecified atom stereocenters. The molecule has 154 valence electrons. The Morgan fingerprint density at radius 3 is 2.62 bits per heavy atom. The molecule has 0 N–H and O–H groups in total. The number of hydrogen-bond acceptors (Lipinski definition) is 7. The Morgan fingerprint density at radius 1 is 1.00 bits per heavy atom. The van der Waals surface area contributed by atoms with Crippen LogP contribution in [0.3, 0.4) is 0 Å². The van der Waals surface area contributed by atoms with Crippen LogP contribution in [0.25, 0.3) is 11.4 Å². The molecule has 3 saturated heterocycles. The lowest BCUT2D eigenvalue weighted by molar-refractivity contribution is -0.135. The van der Waals surface area contributed by atoms with Gasteiger partial charge >= 0.3 is 6.01 Å². The van der Waals surface area contributed by atoms with E-state index in [0.29, 0.717) is 18.4 Å². The van der Waals surface area contributed by atoms with Gasteiger partial charge in [-0.2, -0.15) is 4.98 Å². The van der Waals surface area contributed by atoms with Crippen molar-refractivity contribution in [2.45, 2.75) is 12.8 Å². The largest absolute Gasteiger partial charge is 0.379 e. The van der Waals surface area contributed by atoms with Gasteiger partial charge in [-0.05, 0) is 12.8 Å². The number of aromatic nitrogens is 2. The van der Waals surface area contributed by atoms with Gasteiger partial charge < -0.3 is 19.1 Å². The second-order valence-corrected chi connectivity index (χ2v) is 8.21. The summed E-state index contributed by atoms with van der Waals surface area (Å²) in [5, 5.41) is 4.12. The maximum absolute atomic E-state index is 13.2. The van der Waals surface area contributed by atoms with E-state index in [1.54, 1.807) is 0 Å². The number of carbonyl (C=O) groups is 1. The third-order valence-corrected chi connectivity index (χ3v) is 6.46. The standard InChI is InChI=1S/C21H27N5O3/c27-19-21(6-8-25(19)11-10-24-12-14-28-15-13-24)7-9-26(16-21)20-22-18(23-29-20)17-4-2-1-3-5-17/h1-5H,6-16H2. The molecule has 1 aromatic carbocycles. The lowest BCUT2D eigenvalue weighted by atomic mass is 9.85. The third kappa shape index (κ3) is 3.62. The number of morpholine rings is 1. The van der Waals surface area contributed by atoms with Crippen molar-refractivity contribution in [3.05, 3.63) is 30.3 Å². The molecule has 0 saturated carbocycles. The van der Waals surface area contributed by atoms with Crippen molar-refractivity contribution in [1.82, 2.24) is 19.9 Å². The van der Waals surface area contributed by atoms with E-state index in [2.05, 4.69) is 19.9 Å². The number of benzene rings is 1. The molecule has 0 radical (unpaired) electrons. The van der Waals surface area contributed by atoms with Crippen LogP contribution in [0.4, 0.5) is 6.01 Å². The monoisotopic (exact) mass is 397 g/mol. The van der Waals surface area contributed by atoms with Gasteiger partial charge in [-0.1, -0.05) is 35.5 Å². The minimum Gasteiger partial charge on any atom is -0.379 e. The smallest absolute Gasteiger partial charge is 0.324 e. The Kier molecular flexibility index (Phi) is 4.97. The zero-order valence-corrected chi connectivity index (χ0v) is 16.6. The van der Waals surface area contributed by atoms with Crippen molar-refractivity contribution in [3.8, 4) is 11.4 Å². The van der Waals surface area contributed by atoms with Crippen LogP contribution in [-0.4, -0.2) is 84.9 Å². The van der Waals surface area contributed by atoms with Crippen LogP contribution < -0.4 is 4.90 Å². The van der Waals surface area contributed by atoms with E-state index in [1.807, 2.05) is 35.2 Å². The first-order chi connectivity index (χ1) is 14.2. The molecule has 2 aromatic rings. The van der Waals surface area contributed by atoms with Crippen LogP contribution in [0.2, 0.25) is 0 Å². The lowest BCUT2D eigenvalue weighted by Crippen LogP contribution is -2.43. The fourth-order valence-corrected chi connectivity index (χ4v) is 4.66. The van der Waals surface area contributed by atoms with Crippen molar-refractivity contribution in [3.63, 3.8) is 0 Å². The molecule has 1 atom stereocenters. The summed E-state index contributed by atoms with van der Waals surface area (Å²) in [6, 6.07) is 10.3. The molecule has 3 aliphatic heterocycles. The van der Waals surface area contributed by atoms with Crippen molar-refractivity contribution >= 4 is 11.9 Å². The van der Waals surface area contributed by atoms with Crippen LogP contribution in [0, 0.1) is 5.41 Å². The van der Waals surface area contributed by atoms with Crippen LogP contribution in [-0.2, 0) is 9.53 Å². The van der Waals surface area contributed by atoms with Crippen molar-refractivity contribution in [2.75, 3.05) is 63.9 Å². The molecule has 1 spiro atoms. The summed E-state index contributed by atoms with van der Waals surface area (Å²) in [6.45, 7) is 7.53. The molecular weight excluding hydrogens is 370 g/mol. The summed E-state index contributed by atoms with van der Waals surface area (Å²) in [7, 11) is 0. The Morgan fingerprint density at radius 2 is 1.79 bits per heavy atom. The Hall–Kier alpha value is -2.45. The molecule has 3 fully saturated rings. The quantitative estimate of drug-likeness (QED) is 0.757. The summed E-state index contributed by atoms with van der Waals surface area (Å²) in [5.41, 5.74) is 0.634. The molecule has 0 aliphatic carbocycles. The highest BCUT2D eigenvalue weighted by molar-refractivity contribution is 5.86. The number of carbonyl (C=O) groups excluding carboxylic acids is 1. The first-order valence-corrected chi connectivity index (χ1v) is 10.5.